The van der Waals surface area contributed by atoms with E-state index in [1.54, 1.807) is 11.8 Å². The van der Waals surface area contributed by atoms with Crippen LogP contribution in [0.4, 0.5) is 0 Å². The van der Waals surface area contributed by atoms with Gasteiger partial charge in [-0.1, -0.05) is 6.07 Å². The zero-order chi connectivity index (χ0) is 18.9. The first-order valence-electron chi connectivity index (χ1n) is 9.47. The van der Waals surface area contributed by atoms with Crippen LogP contribution in [0.25, 0.3) is 0 Å². The molecule has 1 saturated heterocycles. The van der Waals surface area contributed by atoms with Gasteiger partial charge in [-0.05, 0) is 56.4 Å². The van der Waals surface area contributed by atoms with Crippen LogP contribution in [-0.2, 0) is 9.59 Å². The van der Waals surface area contributed by atoms with Gasteiger partial charge < -0.3 is 16.0 Å². The molecule has 0 radical (unpaired) electrons. The fourth-order valence-electron chi connectivity index (χ4n) is 3.20. The standard InChI is InChI=1S/C20H31N3O2S.ClH/c1-15-6-7-18(13-16(15)2)26-12-9-20(25)23-11-4-3-5-17(23)14-22-19(24)8-10-21;/h6-7,13,17H,3-5,8-12,14,21H2,1-2H3,(H,22,24);1H. The van der Waals surface area contributed by atoms with Crippen molar-refractivity contribution in [2.45, 2.75) is 56.9 Å². The highest BCUT2D eigenvalue weighted by Crippen LogP contribution is 2.23. The predicted octanol–water partition coefficient (Wildman–Crippen LogP) is 3.05. The fourth-order valence-corrected chi connectivity index (χ4v) is 4.13. The van der Waals surface area contributed by atoms with Crippen molar-refractivity contribution in [1.29, 1.82) is 0 Å². The number of halogens is 1. The number of amides is 2. The summed E-state index contributed by atoms with van der Waals surface area (Å²) in [6.45, 7) is 5.91. The lowest BCUT2D eigenvalue weighted by Crippen LogP contribution is -2.49. The Balaban J connectivity index is 0.00000364. The number of benzene rings is 1. The quantitative estimate of drug-likeness (QED) is 0.642. The number of rotatable bonds is 8. The summed E-state index contributed by atoms with van der Waals surface area (Å²) in [5.74, 6) is 0.944. The van der Waals surface area contributed by atoms with Gasteiger partial charge in [-0.15, -0.1) is 24.2 Å². The second-order valence-corrected chi connectivity index (χ2v) is 8.09. The third kappa shape index (κ3) is 7.72. The van der Waals surface area contributed by atoms with Gasteiger partial charge in [-0.2, -0.15) is 0 Å². The molecular weight excluding hydrogens is 382 g/mol. The maximum Gasteiger partial charge on any atom is 0.223 e. The number of thioether (sulfide) groups is 1. The monoisotopic (exact) mass is 413 g/mol. The molecule has 0 aromatic heterocycles. The normalized spacial score (nSPS) is 16.6. The summed E-state index contributed by atoms with van der Waals surface area (Å²) < 4.78 is 0. The molecule has 1 heterocycles. The van der Waals surface area contributed by atoms with E-state index in [1.807, 2.05) is 4.90 Å². The maximum absolute atomic E-state index is 12.7. The van der Waals surface area contributed by atoms with Crippen molar-refractivity contribution in [2.75, 3.05) is 25.4 Å². The van der Waals surface area contributed by atoms with Crippen LogP contribution in [0.1, 0.15) is 43.2 Å². The van der Waals surface area contributed by atoms with E-state index >= 15 is 0 Å². The van der Waals surface area contributed by atoms with Crippen molar-refractivity contribution in [2.24, 2.45) is 5.73 Å². The van der Waals surface area contributed by atoms with Crippen molar-refractivity contribution < 1.29 is 9.59 Å². The summed E-state index contributed by atoms with van der Waals surface area (Å²) in [5, 5.41) is 2.91. The van der Waals surface area contributed by atoms with E-state index in [9.17, 15) is 9.59 Å². The minimum absolute atomic E-state index is 0. The van der Waals surface area contributed by atoms with Crippen LogP contribution >= 0.6 is 24.2 Å². The molecule has 0 spiro atoms. The summed E-state index contributed by atoms with van der Waals surface area (Å²) >= 11 is 1.73. The number of nitrogens with one attached hydrogen (secondary N) is 1. The molecule has 5 nitrogen and oxygen atoms in total. The lowest BCUT2D eigenvalue weighted by Gasteiger charge is -2.36. The number of nitrogens with two attached hydrogens (primary N) is 1. The zero-order valence-corrected chi connectivity index (χ0v) is 18.0. The molecule has 1 unspecified atom stereocenters. The van der Waals surface area contributed by atoms with E-state index in [-0.39, 0.29) is 30.3 Å². The molecule has 1 aromatic carbocycles. The molecule has 3 N–H and O–H groups in total. The summed E-state index contributed by atoms with van der Waals surface area (Å²) in [7, 11) is 0. The number of carbonyl (C=O) groups is 2. The van der Waals surface area contributed by atoms with Crippen LogP contribution < -0.4 is 11.1 Å². The highest BCUT2D eigenvalue weighted by atomic mass is 35.5. The van der Waals surface area contributed by atoms with E-state index in [1.165, 1.54) is 16.0 Å². The van der Waals surface area contributed by atoms with Crippen molar-refractivity contribution in [3.05, 3.63) is 29.3 Å². The Bertz CT molecular complexity index is 627. The molecule has 1 fully saturated rings. The first kappa shape index (κ1) is 23.8. The van der Waals surface area contributed by atoms with E-state index in [0.29, 0.717) is 25.9 Å². The molecular formula is C20H32ClN3O2S. The number of likely N-dealkylation sites (tertiary alicyclic amines) is 1. The summed E-state index contributed by atoms with van der Waals surface area (Å²) in [4.78, 5) is 27.5. The Morgan fingerprint density at radius 1 is 1.22 bits per heavy atom. The van der Waals surface area contributed by atoms with Crippen molar-refractivity contribution in [3.63, 3.8) is 0 Å². The highest BCUT2D eigenvalue weighted by Gasteiger charge is 2.26. The predicted molar refractivity (Wildman–Crippen MR) is 115 cm³/mol. The largest absolute Gasteiger partial charge is 0.354 e. The van der Waals surface area contributed by atoms with Gasteiger partial charge in [0.2, 0.25) is 11.8 Å². The summed E-state index contributed by atoms with van der Waals surface area (Å²) in [6.07, 6.45) is 3.99. The van der Waals surface area contributed by atoms with Gasteiger partial charge in [0.15, 0.2) is 0 Å². The molecule has 152 valence electrons. The van der Waals surface area contributed by atoms with E-state index in [4.69, 9.17) is 5.73 Å². The van der Waals surface area contributed by atoms with Gasteiger partial charge in [0.1, 0.15) is 0 Å². The average molecular weight is 414 g/mol. The summed E-state index contributed by atoms with van der Waals surface area (Å²) in [6, 6.07) is 6.55. The molecule has 1 aliphatic heterocycles. The first-order valence-corrected chi connectivity index (χ1v) is 10.5. The molecule has 1 atom stereocenters. The van der Waals surface area contributed by atoms with Crippen LogP contribution in [0.3, 0.4) is 0 Å². The smallest absolute Gasteiger partial charge is 0.223 e. The number of hydrogen-bond acceptors (Lipinski definition) is 4. The molecule has 1 aromatic rings. The van der Waals surface area contributed by atoms with Crippen molar-refractivity contribution >= 4 is 36.0 Å². The van der Waals surface area contributed by atoms with Crippen LogP contribution in [-0.4, -0.2) is 48.1 Å². The van der Waals surface area contributed by atoms with Crippen LogP contribution in [0, 0.1) is 13.8 Å². The first-order chi connectivity index (χ1) is 12.5. The average Bonchev–Trinajstić information content (AvgIpc) is 2.63. The lowest BCUT2D eigenvalue weighted by atomic mass is 10.0. The molecule has 2 amide bonds. The molecule has 2 rings (SSSR count). The van der Waals surface area contributed by atoms with Gasteiger partial charge in [0, 0.05) is 49.2 Å². The minimum Gasteiger partial charge on any atom is -0.354 e. The van der Waals surface area contributed by atoms with Gasteiger partial charge in [-0.25, -0.2) is 0 Å². The second kappa shape index (κ2) is 12.3. The Kier molecular flexibility index (Phi) is 10.8. The number of aryl methyl sites for hydroxylation is 2. The lowest BCUT2D eigenvalue weighted by molar-refractivity contribution is -0.135. The number of carbonyl (C=O) groups excluding carboxylic acids is 2. The van der Waals surface area contributed by atoms with E-state index in [0.717, 1.165) is 31.6 Å². The fraction of sp³-hybridized carbons (Fsp3) is 0.600. The molecule has 1 aliphatic rings. The number of hydrogen-bond donors (Lipinski definition) is 2. The maximum atomic E-state index is 12.7. The third-order valence-electron chi connectivity index (χ3n) is 4.92. The Morgan fingerprint density at radius 3 is 2.70 bits per heavy atom. The van der Waals surface area contributed by atoms with E-state index < -0.39 is 0 Å². The topological polar surface area (TPSA) is 75.4 Å². The molecule has 7 heteroatoms. The minimum atomic E-state index is -0.0317. The van der Waals surface area contributed by atoms with Gasteiger partial charge in [0.25, 0.3) is 0 Å². The van der Waals surface area contributed by atoms with Crippen molar-refractivity contribution in [1.82, 2.24) is 10.2 Å². The summed E-state index contributed by atoms with van der Waals surface area (Å²) in [5.41, 5.74) is 7.98. The zero-order valence-electron chi connectivity index (χ0n) is 16.3. The number of nitrogens with zero attached hydrogens (tertiary/aromatic N) is 1. The second-order valence-electron chi connectivity index (χ2n) is 6.92. The Hall–Kier alpha value is -1.24. The number of piperidine rings is 1. The highest BCUT2D eigenvalue weighted by molar-refractivity contribution is 7.99. The Morgan fingerprint density at radius 2 is 2.00 bits per heavy atom. The third-order valence-corrected chi connectivity index (χ3v) is 5.91. The molecule has 0 bridgehead atoms. The molecule has 0 aliphatic carbocycles. The van der Waals surface area contributed by atoms with Crippen LogP contribution in [0.15, 0.2) is 23.1 Å². The van der Waals surface area contributed by atoms with Gasteiger partial charge in [-0.3, -0.25) is 9.59 Å². The van der Waals surface area contributed by atoms with E-state index in [2.05, 4.69) is 37.4 Å². The van der Waals surface area contributed by atoms with Crippen molar-refractivity contribution in [3.8, 4) is 0 Å². The Labute approximate surface area is 173 Å². The van der Waals surface area contributed by atoms with Gasteiger partial charge >= 0.3 is 0 Å². The SMILES string of the molecule is Cc1ccc(SCCC(=O)N2CCCCC2CNC(=O)CCN)cc1C.Cl. The molecule has 0 saturated carbocycles. The van der Waals surface area contributed by atoms with Crippen LogP contribution in [0.5, 0.6) is 0 Å². The molecule has 27 heavy (non-hydrogen) atoms. The van der Waals surface area contributed by atoms with Gasteiger partial charge in [0.05, 0.1) is 0 Å². The van der Waals surface area contributed by atoms with Crippen LogP contribution in [0.2, 0.25) is 0 Å².